The largest absolute Gasteiger partial charge is 0.443 e. The van der Waals surface area contributed by atoms with Gasteiger partial charge in [-0.25, -0.2) is 9.97 Å². The van der Waals surface area contributed by atoms with Crippen LogP contribution in [0.4, 0.5) is 0 Å². The van der Waals surface area contributed by atoms with Gasteiger partial charge in [0.2, 0.25) is 5.89 Å². The quantitative estimate of drug-likeness (QED) is 0.527. The molecule has 0 N–H and O–H groups in total. The fraction of sp³-hybridized carbons (Fsp3) is 0.0588. The highest BCUT2D eigenvalue weighted by atomic mass is 35.5. The van der Waals surface area contributed by atoms with Gasteiger partial charge < -0.3 is 8.98 Å². The maximum Gasteiger partial charge on any atom is 0.243 e. The monoisotopic (exact) mass is 309 g/mol. The van der Waals surface area contributed by atoms with E-state index < -0.39 is 0 Å². The zero-order chi connectivity index (χ0) is 14.9. The molecule has 4 aromatic rings. The van der Waals surface area contributed by atoms with Gasteiger partial charge in [-0.3, -0.25) is 0 Å². The predicted octanol–water partition coefficient (Wildman–Crippen LogP) is 4.39. The summed E-state index contributed by atoms with van der Waals surface area (Å²) in [7, 11) is 0. The first-order chi connectivity index (χ1) is 10.8. The van der Waals surface area contributed by atoms with Gasteiger partial charge in [0, 0.05) is 6.54 Å². The van der Waals surface area contributed by atoms with Crippen molar-refractivity contribution in [1.82, 2.24) is 14.5 Å². The second-order valence-corrected chi connectivity index (χ2v) is 5.36. The molecule has 0 amide bonds. The topological polar surface area (TPSA) is 43.9 Å². The molecule has 0 aliphatic rings. The Hall–Kier alpha value is -2.59. The average Bonchev–Trinajstić information content (AvgIpc) is 3.16. The highest BCUT2D eigenvalue weighted by Gasteiger charge is 2.15. The van der Waals surface area contributed by atoms with E-state index in [0.29, 0.717) is 17.6 Å². The summed E-state index contributed by atoms with van der Waals surface area (Å²) in [6, 6.07) is 16.0. The second-order valence-electron chi connectivity index (χ2n) is 4.98. The standard InChI is InChI=1S/C17H12ClN3O/c18-16-7-6-14-13(20-16)10-15(17-19-8-9-22-17)21(14)11-12-4-2-1-3-5-12/h1-10H,11H2. The molecule has 3 aromatic heterocycles. The van der Waals surface area contributed by atoms with Crippen molar-refractivity contribution in [3.05, 3.63) is 71.7 Å². The molecule has 4 rings (SSSR count). The summed E-state index contributed by atoms with van der Waals surface area (Å²) in [5.74, 6) is 0.574. The van der Waals surface area contributed by atoms with Crippen LogP contribution in [0.25, 0.3) is 22.6 Å². The summed E-state index contributed by atoms with van der Waals surface area (Å²) < 4.78 is 7.60. The first kappa shape index (κ1) is 13.1. The number of nitrogens with zero attached hydrogens (tertiary/aromatic N) is 3. The molecule has 0 aliphatic heterocycles. The lowest BCUT2D eigenvalue weighted by Gasteiger charge is -2.09. The van der Waals surface area contributed by atoms with Crippen LogP contribution in [0.3, 0.4) is 0 Å². The van der Waals surface area contributed by atoms with Gasteiger partial charge >= 0.3 is 0 Å². The van der Waals surface area contributed by atoms with Crippen molar-refractivity contribution in [1.29, 1.82) is 0 Å². The molecule has 0 spiro atoms. The Morgan fingerprint density at radius 2 is 1.95 bits per heavy atom. The number of benzene rings is 1. The third-order valence-electron chi connectivity index (χ3n) is 3.56. The van der Waals surface area contributed by atoms with Crippen LogP contribution < -0.4 is 0 Å². The van der Waals surface area contributed by atoms with Crippen LogP contribution in [-0.2, 0) is 6.54 Å². The number of halogens is 1. The summed E-state index contributed by atoms with van der Waals surface area (Å²) in [6.45, 7) is 0.714. The first-order valence-corrected chi connectivity index (χ1v) is 7.28. The van der Waals surface area contributed by atoms with Gasteiger partial charge in [0.05, 0.1) is 17.2 Å². The molecule has 22 heavy (non-hydrogen) atoms. The average molecular weight is 310 g/mol. The Morgan fingerprint density at radius 3 is 2.73 bits per heavy atom. The van der Waals surface area contributed by atoms with Crippen molar-refractivity contribution in [2.24, 2.45) is 0 Å². The molecule has 108 valence electrons. The molecule has 4 nitrogen and oxygen atoms in total. The minimum absolute atomic E-state index is 0.475. The van der Waals surface area contributed by atoms with E-state index in [4.69, 9.17) is 16.0 Å². The number of oxazole rings is 1. The lowest BCUT2D eigenvalue weighted by molar-refractivity contribution is 0.567. The summed E-state index contributed by atoms with van der Waals surface area (Å²) in [5, 5.41) is 0.475. The van der Waals surface area contributed by atoms with Crippen molar-refractivity contribution in [3.63, 3.8) is 0 Å². The van der Waals surface area contributed by atoms with Gasteiger partial charge in [0.25, 0.3) is 0 Å². The summed E-state index contributed by atoms with van der Waals surface area (Å²) >= 11 is 6.01. The molecule has 0 radical (unpaired) electrons. The normalized spacial score (nSPS) is 11.1. The summed E-state index contributed by atoms with van der Waals surface area (Å²) in [5.41, 5.74) is 3.92. The van der Waals surface area contributed by atoms with E-state index in [0.717, 1.165) is 16.7 Å². The van der Waals surface area contributed by atoms with Crippen molar-refractivity contribution >= 4 is 22.6 Å². The van der Waals surface area contributed by atoms with Gasteiger partial charge in [0.15, 0.2) is 0 Å². The third kappa shape index (κ3) is 2.27. The number of hydrogen-bond donors (Lipinski definition) is 0. The predicted molar refractivity (Wildman–Crippen MR) is 85.8 cm³/mol. The summed E-state index contributed by atoms with van der Waals surface area (Å²) in [6.07, 6.45) is 3.21. The molecule has 0 saturated carbocycles. The third-order valence-corrected chi connectivity index (χ3v) is 3.77. The number of fused-ring (bicyclic) bond motifs is 1. The lowest BCUT2D eigenvalue weighted by atomic mass is 10.2. The van der Waals surface area contributed by atoms with Crippen molar-refractivity contribution < 1.29 is 4.42 Å². The molecular weight excluding hydrogens is 298 g/mol. The Kier molecular flexibility index (Phi) is 3.16. The van der Waals surface area contributed by atoms with Crippen molar-refractivity contribution in [2.45, 2.75) is 6.54 Å². The van der Waals surface area contributed by atoms with Crippen LogP contribution in [0.1, 0.15) is 5.56 Å². The number of rotatable bonds is 3. The molecule has 0 bridgehead atoms. The smallest absolute Gasteiger partial charge is 0.243 e. The molecule has 1 aromatic carbocycles. The summed E-state index contributed by atoms with van der Waals surface area (Å²) in [4.78, 5) is 8.64. The molecule has 0 unspecified atom stereocenters. The molecular formula is C17H12ClN3O. The number of hydrogen-bond acceptors (Lipinski definition) is 3. The number of aromatic nitrogens is 3. The van der Waals surface area contributed by atoms with E-state index in [9.17, 15) is 0 Å². The second kappa shape index (κ2) is 5.31. The Labute approximate surface area is 132 Å². The fourth-order valence-electron chi connectivity index (χ4n) is 2.58. The molecule has 0 aliphatic carbocycles. The minimum atomic E-state index is 0.475. The maximum absolute atomic E-state index is 6.01. The van der Waals surface area contributed by atoms with E-state index in [1.54, 1.807) is 18.5 Å². The van der Waals surface area contributed by atoms with Crippen LogP contribution in [0.2, 0.25) is 5.15 Å². The zero-order valence-corrected chi connectivity index (χ0v) is 12.4. The van der Waals surface area contributed by atoms with E-state index >= 15 is 0 Å². The first-order valence-electron chi connectivity index (χ1n) is 6.91. The van der Waals surface area contributed by atoms with E-state index in [2.05, 4.69) is 26.7 Å². The van der Waals surface area contributed by atoms with E-state index in [1.165, 1.54) is 5.56 Å². The van der Waals surface area contributed by atoms with E-state index in [1.807, 2.05) is 30.3 Å². The molecule has 5 heteroatoms. The van der Waals surface area contributed by atoms with Gasteiger partial charge in [-0.15, -0.1) is 0 Å². The van der Waals surface area contributed by atoms with Crippen LogP contribution >= 0.6 is 11.6 Å². The molecule has 0 fully saturated rings. The Balaban J connectivity index is 1.92. The van der Waals surface area contributed by atoms with Gasteiger partial charge in [0.1, 0.15) is 17.1 Å². The van der Waals surface area contributed by atoms with Gasteiger partial charge in [-0.2, -0.15) is 0 Å². The van der Waals surface area contributed by atoms with Gasteiger partial charge in [-0.1, -0.05) is 41.9 Å². The molecule has 3 heterocycles. The highest BCUT2D eigenvalue weighted by Crippen LogP contribution is 2.28. The highest BCUT2D eigenvalue weighted by molar-refractivity contribution is 6.29. The van der Waals surface area contributed by atoms with Gasteiger partial charge in [-0.05, 0) is 23.8 Å². The minimum Gasteiger partial charge on any atom is -0.443 e. The van der Waals surface area contributed by atoms with E-state index in [-0.39, 0.29) is 0 Å². The van der Waals surface area contributed by atoms with Crippen molar-refractivity contribution in [3.8, 4) is 11.6 Å². The molecule has 0 atom stereocenters. The Bertz CT molecular complexity index is 914. The van der Waals surface area contributed by atoms with Crippen LogP contribution in [0.5, 0.6) is 0 Å². The number of pyridine rings is 1. The fourth-order valence-corrected chi connectivity index (χ4v) is 2.73. The lowest BCUT2D eigenvalue weighted by Crippen LogP contribution is -2.01. The van der Waals surface area contributed by atoms with Crippen LogP contribution in [0, 0.1) is 0 Å². The maximum atomic E-state index is 6.01. The Morgan fingerprint density at radius 1 is 1.09 bits per heavy atom. The molecule has 0 saturated heterocycles. The zero-order valence-electron chi connectivity index (χ0n) is 11.6. The van der Waals surface area contributed by atoms with Crippen LogP contribution in [-0.4, -0.2) is 14.5 Å². The SMILES string of the molecule is Clc1ccc2c(cc(-c3ncco3)n2Cc2ccccc2)n1. The van der Waals surface area contributed by atoms with Crippen molar-refractivity contribution in [2.75, 3.05) is 0 Å². The van der Waals surface area contributed by atoms with Crippen LogP contribution in [0.15, 0.2) is 65.4 Å².